The topological polar surface area (TPSA) is 69.6 Å². The molecule has 2 fully saturated rings. The average molecular weight is 272 g/mol. The maximum absolute atomic E-state index is 12.0. The SMILES string of the molecule is CSC1(CNC(=O)N2CCCC2C(=O)O)CCC1. The number of aliphatic carboxylic acids is 1. The van der Waals surface area contributed by atoms with Gasteiger partial charge in [0.1, 0.15) is 6.04 Å². The molecule has 0 aromatic heterocycles. The first-order valence-corrected chi connectivity index (χ1v) is 7.63. The summed E-state index contributed by atoms with van der Waals surface area (Å²) in [5, 5.41) is 11.9. The fraction of sp³-hybridized carbons (Fsp3) is 0.833. The molecule has 102 valence electrons. The van der Waals surface area contributed by atoms with Crippen LogP contribution in [-0.4, -0.2) is 52.1 Å². The summed E-state index contributed by atoms with van der Waals surface area (Å²) in [7, 11) is 0. The van der Waals surface area contributed by atoms with E-state index < -0.39 is 12.0 Å². The standard InChI is InChI=1S/C12H20N2O3S/c1-18-12(5-3-6-12)8-13-11(17)14-7-2-4-9(14)10(15)16/h9H,2-8H2,1H3,(H,13,17)(H,15,16). The molecule has 0 aromatic rings. The number of urea groups is 1. The summed E-state index contributed by atoms with van der Waals surface area (Å²) in [6, 6.07) is -0.864. The van der Waals surface area contributed by atoms with Gasteiger partial charge in [-0.05, 0) is 31.9 Å². The van der Waals surface area contributed by atoms with E-state index in [0.29, 0.717) is 19.5 Å². The van der Waals surface area contributed by atoms with Gasteiger partial charge in [0.05, 0.1) is 0 Å². The number of likely N-dealkylation sites (tertiary alicyclic amines) is 1. The Labute approximate surface area is 111 Å². The first-order chi connectivity index (χ1) is 8.58. The smallest absolute Gasteiger partial charge is 0.326 e. The Morgan fingerprint density at radius 3 is 2.67 bits per heavy atom. The van der Waals surface area contributed by atoms with Gasteiger partial charge < -0.3 is 15.3 Å². The summed E-state index contributed by atoms with van der Waals surface area (Å²) in [6.07, 6.45) is 6.90. The Kier molecular flexibility index (Phi) is 4.04. The van der Waals surface area contributed by atoms with Crippen LogP contribution in [0.5, 0.6) is 0 Å². The van der Waals surface area contributed by atoms with Crippen LogP contribution in [0.4, 0.5) is 4.79 Å². The molecule has 5 nitrogen and oxygen atoms in total. The number of carboxylic acid groups (broad SMARTS) is 1. The van der Waals surface area contributed by atoms with Crippen LogP contribution in [0.15, 0.2) is 0 Å². The lowest BCUT2D eigenvalue weighted by Gasteiger charge is -2.40. The third-order valence-corrected chi connectivity index (χ3v) is 5.48. The molecule has 1 saturated heterocycles. The molecule has 0 aromatic carbocycles. The van der Waals surface area contributed by atoms with Crippen molar-refractivity contribution in [3.63, 3.8) is 0 Å². The monoisotopic (exact) mass is 272 g/mol. The van der Waals surface area contributed by atoms with Gasteiger partial charge in [-0.1, -0.05) is 6.42 Å². The lowest BCUT2D eigenvalue weighted by molar-refractivity contribution is -0.141. The Balaban J connectivity index is 1.86. The lowest BCUT2D eigenvalue weighted by Crippen LogP contribution is -2.51. The molecule has 1 aliphatic carbocycles. The van der Waals surface area contributed by atoms with Gasteiger partial charge in [0.2, 0.25) is 0 Å². The van der Waals surface area contributed by atoms with Crippen LogP contribution >= 0.6 is 11.8 Å². The highest BCUT2D eigenvalue weighted by Crippen LogP contribution is 2.42. The molecule has 18 heavy (non-hydrogen) atoms. The maximum Gasteiger partial charge on any atom is 0.326 e. The second-order valence-corrected chi connectivity index (χ2v) is 6.36. The molecule has 1 unspecified atom stereocenters. The second-order valence-electron chi connectivity index (χ2n) is 5.09. The van der Waals surface area contributed by atoms with Crippen LogP contribution in [-0.2, 0) is 4.79 Å². The van der Waals surface area contributed by atoms with E-state index in [1.54, 1.807) is 11.8 Å². The Morgan fingerprint density at radius 1 is 1.44 bits per heavy atom. The highest BCUT2D eigenvalue weighted by Gasteiger charge is 2.38. The molecule has 1 heterocycles. The number of carboxylic acids is 1. The van der Waals surface area contributed by atoms with Crippen LogP contribution < -0.4 is 5.32 Å². The van der Waals surface area contributed by atoms with E-state index in [1.165, 1.54) is 11.3 Å². The Bertz CT molecular complexity index is 339. The predicted molar refractivity (Wildman–Crippen MR) is 70.9 cm³/mol. The average Bonchev–Trinajstić information content (AvgIpc) is 2.76. The van der Waals surface area contributed by atoms with Crippen molar-refractivity contribution in [2.24, 2.45) is 0 Å². The zero-order valence-electron chi connectivity index (χ0n) is 10.6. The van der Waals surface area contributed by atoms with Crippen molar-refractivity contribution in [3.05, 3.63) is 0 Å². The minimum absolute atomic E-state index is 0.189. The molecule has 0 bridgehead atoms. The molecule has 2 N–H and O–H groups in total. The Morgan fingerprint density at radius 2 is 2.17 bits per heavy atom. The third kappa shape index (κ3) is 2.58. The van der Waals surface area contributed by atoms with E-state index >= 15 is 0 Å². The van der Waals surface area contributed by atoms with Gasteiger partial charge >= 0.3 is 12.0 Å². The molecule has 1 atom stereocenters. The minimum Gasteiger partial charge on any atom is -0.480 e. The van der Waals surface area contributed by atoms with Crippen molar-refractivity contribution < 1.29 is 14.7 Å². The fourth-order valence-corrected chi connectivity index (χ4v) is 3.54. The number of amides is 2. The first-order valence-electron chi connectivity index (χ1n) is 6.40. The van der Waals surface area contributed by atoms with E-state index in [2.05, 4.69) is 11.6 Å². The normalized spacial score (nSPS) is 25.6. The number of carbonyl (C=O) groups is 2. The number of nitrogens with one attached hydrogen (secondary N) is 1. The van der Waals surface area contributed by atoms with E-state index in [0.717, 1.165) is 19.3 Å². The van der Waals surface area contributed by atoms with Crippen LogP contribution in [0, 0.1) is 0 Å². The van der Waals surface area contributed by atoms with Crippen molar-refractivity contribution in [1.29, 1.82) is 0 Å². The second kappa shape index (κ2) is 5.38. The number of hydrogen-bond donors (Lipinski definition) is 2. The van der Waals surface area contributed by atoms with Crippen molar-refractivity contribution >= 4 is 23.8 Å². The van der Waals surface area contributed by atoms with Crippen LogP contribution in [0.25, 0.3) is 0 Å². The first kappa shape index (κ1) is 13.5. The maximum atomic E-state index is 12.0. The molecule has 2 amide bonds. The van der Waals surface area contributed by atoms with Gasteiger partial charge in [-0.3, -0.25) is 0 Å². The largest absolute Gasteiger partial charge is 0.480 e. The summed E-state index contributed by atoms with van der Waals surface area (Å²) < 4.78 is 0.189. The Hall–Kier alpha value is -0.910. The highest BCUT2D eigenvalue weighted by molar-refractivity contribution is 8.00. The minimum atomic E-state index is -0.897. The molecular formula is C12H20N2O3S. The number of nitrogens with zero attached hydrogens (tertiary/aromatic N) is 1. The number of thioether (sulfide) groups is 1. The van der Waals surface area contributed by atoms with Gasteiger partial charge in [0.15, 0.2) is 0 Å². The quantitative estimate of drug-likeness (QED) is 0.814. The van der Waals surface area contributed by atoms with Crippen molar-refractivity contribution in [2.45, 2.75) is 42.9 Å². The van der Waals surface area contributed by atoms with Gasteiger partial charge in [-0.2, -0.15) is 11.8 Å². The van der Waals surface area contributed by atoms with E-state index in [-0.39, 0.29) is 10.8 Å². The van der Waals surface area contributed by atoms with Crippen LogP contribution in [0.1, 0.15) is 32.1 Å². The van der Waals surface area contributed by atoms with Crippen molar-refractivity contribution in [1.82, 2.24) is 10.2 Å². The van der Waals surface area contributed by atoms with E-state index in [1.807, 2.05) is 0 Å². The summed E-state index contributed by atoms with van der Waals surface area (Å²) in [6.45, 7) is 1.20. The third-order valence-electron chi connectivity index (χ3n) is 4.06. The van der Waals surface area contributed by atoms with Gasteiger partial charge in [0.25, 0.3) is 0 Å². The summed E-state index contributed by atoms with van der Waals surface area (Å²) in [5.41, 5.74) is 0. The molecule has 2 rings (SSSR count). The van der Waals surface area contributed by atoms with Gasteiger partial charge in [-0.15, -0.1) is 0 Å². The highest BCUT2D eigenvalue weighted by atomic mass is 32.2. The van der Waals surface area contributed by atoms with Crippen LogP contribution in [0.2, 0.25) is 0 Å². The lowest BCUT2D eigenvalue weighted by atomic mass is 9.84. The van der Waals surface area contributed by atoms with Gasteiger partial charge in [-0.25, -0.2) is 9.59 Å². The van der Waals surface area contributed by atoms with E-state index in [9.17, 15) is 9.59 Å². The molecular weight excluding hydrogens is 252 g/mol. The fourth-order valence-electron chi connectivity index (χ4n) is 2.63. The molecule has 1 saturated carbocycles. The summed E-state index contributed by atoms with van der Waals surface area (Å²) in [4.78, 5) is 24.5. The zero-order chi connectivity index (χ0) is 13.2. The number of hydrogen-bond acceptors (Lipinski definition) is 3. The zero-order valence-corrected chi connectivity index (χ0v) is 11.5. The number of carbonyl (C=O) groups excluding carboxylic acids is 1. The predicted octanol–water partition coefficient (Wildman–Crippen LogP) is 1.53. The molecule has 1 aliphatic heterocycles. The van der Waals surface area contributed by atoms with Crippen molar-refractivity contribution in [2.75, 3.05) is 19.3 Å². The van der Waals surface area contributed by atoms with Crippen LogP contribution in [0.3, 0.4) is 0 Å². The van der Waals surface area contributed by atoms with E-state index in [4.69, 9.17) is 5.11 Å². The summed E-state index contributed by atoms with van der Waals surface area (Å²) in [5.74, 6) is -0.897. The molecule has 2 aliphatic rings. The van der Waals surface area contributed by atoms with Crippen molar-refractivity contribution in [3.8, 4) is 0 Å². The van der Waals surface area contributed by atoms with Gasteiger partial charge in [0, 0.05) is 17.8 Å². The number of rotatable bonds is 4. The molecule has 0 spiro atoms. The molecule has 0 radical (unpaired) electrons. The summed E-state index contributed by atoms with van der Waals surface area (Å²) >= 11 is 1.80. The molecule has 6 heteroatoms.